The Morgan fingerprint density at radius 1 is 1.13 bits per heavy atom. The number of fused-ring (bicyclic) bond motifs is 1. The van der Waals surface area contributed by atoms with Gasteiger partial charge in [-0.1, -0.05) is 17.7 Å². The van der Waals surface area contributed by atoms with Crippen LogP contribution in [0.1, 0.15) is 15.9 Å². The molecule has 0 atom stereocenters. The molecule has 0 aliphatic carbocycles. The second kappa shape index (κ2) is 6.34. The molecule has 2 aromatic rings. The van der Waals surface area contributed by atoms with Gasteiger partial charge in [-0.2, -0.15) is 0 Å². The third-order valence-corrected chi connectivity index (χ3v) is 3.60. The van der Waals surface area contributed by atoms with Crippen LogP contribution in [0.15, 0.2) is 54.1 Å². The maximum absolute atomic E-state index is 13.1. The first-order valence-corrected chi connectivity index (χ1v) is 7.21. The molecule has 1 aliphatic heterocycles. The molecule has 2 nitrogen and oxygen atoms in total. The number of allylic oxidation sites excluding steroid dienone is 1. The van der Waals surface area contributed by atoms with E-state index in [0.29, 0.717) is 11.6 Å². The summed E-state index contributed by atoms with van der Waals surface area (Å²) in [5.74, 6) is -1.73. The van der Waals surface area contributed by atoms with Gasteiger partial charge in [-0.05, 0) is 54.1 Å². The van der Waals surface area contributed by atoms with Gasteiger partial charge in [-0.25, -0.2) is 8.78 Å². The third-order valence-electron chi connectivity index (χ3n) is 3.36. The number of hydrogen-bond acceptors (Lipinski definition) is 2. The van der Waals surface area contributed by atoms with Gasteiger partial charge >= 0.3 is 0 Å². The fourth-order valence-corrected chi connectivity index (χ4v) is 2.37. The molecule has 23 heavy (non-hydrogen) atoms. The van der Waals surface area contributed by atoms with Crippen molar-refractivity contribution in [2.75, 3.05) is 6.61 Å². The normalized spacial score (nSPS) is 13.4. The lowest BCUT2D eigenvalue weighted by Crippen LogP contribution is -2.06. The summed E-state index contributed by atoms with van der Waals surface area (Å²) in [4.78, 5) is 12.0. The fourth-order valence-electron chi connectivity index (χ4n) is 2.19. The molecule has 3 rings (SSSR count). The summed E-state index contributed by atoms with van der Waals surface area (Å²) in [6.07, 6.45) is 4.75. The van der Waals surface area contributed by atoms with Crippen LogP contribution in [0.2, 0.25) is 5.02 Å². The smallest absolute Gasteiger partial charge is 0.185 e. The van der Waals surface area contributed by atoms with Crippen LogP contribution < -0.4 is 4.74 Å². The van der Waals surface area contributed by atoms with Crippen molar-refractivity contribution in [2.24, 2.45) is 0 Å². The van der Waals surface area contributed by atoms with E-state index in [4.69, 9.17) is 16.3 Å². The van der Waals surface area contributed by atoms with Gasteiger partial charge in [-0.15, -0.1) is 0 Å². The fraction of sp³-hybridized carbons (Fsp3) is 0.0556. The summed E-state index contributed by atoms with van der Waals surface area (Å²) in [6, 6.07) is 8.33. The van der Waals surface area contributed by atoms with Crippen LogP contribution in [0.4, 0.5) is 8.78 Å². The van der Waals surface area contributed by atoms with Crippen molar-refractivity contribution in [3.05, 3.63) is 81.9 Å². The molecule has 0 spiro atoms. The molecule has 2 aromatic carbocycles. The van der Waals surface area contributed by atoms with E-state index in [0.717, 1.165) is 29.0 Å². The van der Waals surface area contributed by atoms with Crippen LogP contribution in [0, 0.1) is 11.6 Å². The van der Waals surface area contributed by atoms with E-state index < -0.39 is 17.4 Å². The molecular weight excluding hydrogens is 322 g/mol. The third kappa shape index (κ3) is 3.48. The molecular formula is C18H11ClF2O2. The van der Waals surface area contributed by atoms with E-state index in [1.165, 1.54) is 12.1 Å². The molecule has 0 saturated carbocycles. The lowest BCUT2D eigenvalue weighted by atomic mass is 10.1. The van der Waals surface area contributed by atoms with Crippen LogP contribution in [0.3, 0.4) is 0 Å². The number of carbonyl (C=O) groups excluding carboxylic acids is 1. The molecule has 0 fully saturated rings. The van der Waals surface area contributed by atoms with Crippen molar-refractivity contribution >= 4 is 23.5 Å². The lowest BCUT2D eigenvalue weighted by Gasteiger charge is -2.16. The molecule has 0 saturated heterocycles. The van der Waals surface area contributed by atoms with Crippen molar-refractivity contribution in [1.82, 2.24) is 0 Å². The zero-order valence-corrected chi connectivity index (χ0v) is 12.6. The molecule has 0 unspecified atom stereocenters. The molecule has 1 heterocycles. The molecule has 0 radical (unpaired) electrons. The predicted octanol–water partition coefficient (Wildman–Crippen LogP) is 4.83. The molecule has 0 N–H and O–H groups in total. The SMILES string of the molecule is O=C(C=CC1=Cc2cc(Cl)ccc2OC1)c1ccc(F)c(F)c1. The van der Waals surface area contributed by atoms with Crippen LogP contribution in [-0.4, -0.2) is 12.4 Å². The molecule has 116 valence electrons. The van der Waals surface area contributed by atoms with Crippen LogP contribution >= 0.6 is 11.6 Å². The van der Waals surface area contributed by atoms with Gasteiger partial charge in [-0.3, -0.25) is 4.79 Å². The van der Waals surface area contributed by atoms with Gasteiger partial charge in [0.2, 0.25) is 0 Å². The molecule has 0 amide bonds. The number of ether oxygens (including phenoxy) is 1. The Morgan fingerprint density at radius 3 is 2.74 bits per heavy atom. The summed E-state index contributed by atoms with van der Waals surface area (Å²) in [6.45, 7) is 0.316. The molecule has 5 heteroatoms. The lowest BCUT2D eigenvalue weighted by molar-refractivity contribution is 0.104. The summed E-state index contributed by atoms with van der Waals surface area (Å²) in [7, 11) is 0. The van der Waals surface area contributed by atoms with Crippen molar-refractivity contribution in [1.29, 1.82) is 0 Å². The highest BCUT2D eigenvalue weighted by molar-refractivity contribution is 6.30. The van der Waals surface area contributed by atoms with E-state index in [1.54, 1.807) is 24.3 Å². The van der Waals surface area contributed by atoms with Gasteiger partial charge in [0, 0.05) is 16.1 Å². The number of benzene rings is 2. The second-order valence-electron chi connectivity index (χ2n) is 5.02. The van der Waals surface area contributed by atoms with Gasteiger partial charge in [0.25, 0.3) is 0 Å². The van der Waals surface area contributed by atoms with Crippen molar-refractivity contribution in [2.45, 2.75) is 0 Å². The Morgan fingerprint density at radius 2 is 1.96 bits per heavy atom. The first-order chi connectivity index (χ1) is 11.0. The predicted molar refractivity (Wildman–Crippen MR) is 84.8 cm³/mol. The van der Waals surface area contributed by atoms with E-state index in [9.17, 15) is 13.6 Å². The van der Waals surface area contributed by atoms with Crippen LogP contribution in [-0.2, 0) is 0 Å². The first-order valence-electron chi connectivity index (χ1n) is 6.83. The number of hydrogen-bond donors (Lipinski definition) is 0. The standard InChI is InChI=1S/C18H11ClF2O2/c19-14-3-6-18-13(8-14)7-11(10-23-18)1-5-17(22)12-2-4-15(20)16(21)9-12/h1-9H,10H2. The van der Waals surface area contributed by atoms with Crippen LogP contribution in [0.25, 0.3) is 6.08 Å². The summed E-state index contributed by atoms with van der Waals surface area (Å²) < 4.78 is 31.6. The summed E-state index contributed by atoms with van der Waals surface area (Å²) in [5.41, 5.74) is 1.68. The van der Waals surface area contributed by atoms with Crippen molar-refractivity contribution < 1.29 is 18.3 Å². The maximum Gasteiger partial charge on any atom is 0.185 e. The monoisotopic (exact) mass is 332 g/mol. The van der Waals surface area contributed by atoms with Gasteiger partial charge in [0.15, 0.2) is 17.4 Å². The minimum Gasteiger partial charge on any atom is -0.488 e. The minimum atomic E-state index is -1.05. The first kappa shape index (κ1) is 15.4. The summed E-state index contributed by atoms with van der Waals surface area (Å²) >= 11 is 5.94. The minimum absolute atomic E-state index is 0.0842. The Bertz CT molecular complexity index is 841. The van der Waals surface area contributed by atoms with Gasteiger partial charge < -0.3 is 4.74 Å². The quantitative estimate of drug-likeness (QED) is 0.594. The second-order valence-corrected chi connectivity index (χ2v) is 5.45. The molecule has 0 aromatic heterocycles. The van der Waals surface area contributed by atoms with Gasteiger partial charge in [0.1, 0.15) is 12.4 Å². The van der Waals surface area contributed by atoms with Gasteiger partial charge in [0.05, 0.1) is 0 Å². The Balaban J connectivity index is 1.80. The Labute approximate surface area is 136 Å². The highest BCUT2D eigenvalue weighted by Gasteiger charge is 2.11. The van der Waals surface area contributed by atoms with Crippen molar-refractivity contribution in [3.63, 3.8) is 0 Å². The molecule has 0 bridgehead atoms. The average Bonchev–Trinajstić information content (AvgIpc) is 2.54. The highest BCUT2D eigenvalue weighted by atomic mass is 35.5. The zero-order chi connectivity index (χ0) is 16.4. The number of carbonyl (C=O) groups is 1. The van der Waals surface area contributed by atoms with E-state index in [2.05, 4.69) is 0 Å². The van der Waals surface area contributed by atoms with E-state index in [-0.39, 0.29) is 5.56 Å². The Hall–Kier alpha value is -2.46. The largest absolute Gasteiger partial charge is 0.488 e. The highest BCUT2D eigenvalue weighted by Crippen LogP contribution is 2.29. The maximum atomic E-state index is 13.1. The molecule has 1 aliphatic rings. The zero-order valence-electron chi connectivity index (χ0n) is 11.9. The summed E-state index contributed by atoms with van der Waals surface area (Å²) in [5, 5.41) is 0.590. The number of halogens is 3. The average molecular weight is 333 g/mol. The van der Waals surface area contributed by atoms with Crippen LogP contribution in [0.5, 0.6) is 5.75 Å². The Kier molecular flexibility index (Phi) is 4.26. The van der Waals surface area contributed by atoms with E-state index >= 15 is 0 Å². The van der Waals surface area contributed by atoms with E-state index in [1.807, 2.05) is 6.08 Å². The number of ketones is 1. The number of rotatable bonds is 3. The topological polar surface area (TPSA) is 26.3 Å². The van der Waals surface area contributed by atoms with Crippen molar-refractivity contribution in [3.8, 4) is 5.75 Å².